The number of nitrogens with zero attached hydrogens (tertiary/aromatic N) is 1. The minimum atomic E-state index is -0.107. The number of quaternary nitrogens is 1. The highest BCUT2D eigenvalue weighted by molar-refractivity contribution is 5.98. The fourth-order valence-electron chi connectivity index (χ4n) is 2.68. The first-order chi connectivity index (χ1) is 11.2. The molecule has 0 atom stereocenters. The van der Waals surface area contributed by atoms with Crippen molar-refractivity contribution in [1.29, 1.82) is 0 Å². The topological polar surface area (TPSA) is 63.1 Å². The number of para-hydroxylation sites is 2. The number of hydrogen-bond acceptors (Lipinski definition) is 3. The molecule has 126 valence electrons. The van der Waals surface area contributed by atoms with Crippen LogP contribution in [0.25, 0.3) is 0 Å². The molecule has 1 aliphatic rings. The molecule has 0 bridgehead atoms. The summed E-state index contributed by atoms with van der Waals surface area (Å²) < 4.78 is 5.39. The molecule has 0 unspecified atom stereocenters. The van der Waals surface area contributed by atoms with Crippen LogP contribution in [0.4, 0.5) is 5.69 Å². The average Bonchev–Trinajstić information content (AvgIpc) is 2.58. The molecule has 23 heavy (non-hydrogen) atoms. The van der Waals surface area contributed by atoms with Gasteiger partial charge in [0.1, 0.15) is 5.75 Å². The van der Waals surface area contributed by atoms with Crippen LogP contribution in [-0.4, -0.2) is 51.1 Å². The summed E-state index contributed by atoms with van der Waals surface area (Å²) in [6.07, 6.45) is 0.299. The van der Waals surface area contributed by atoms with Crippen molar-refractivity contribution in [3.63, 3.8) is 0 Å². The predicted octanol–water partition coefficient (Wildman–Crippen LogP) is -0.157. The van der Waals surface area contributed by atoms with Crippen molar-refractivity contribution < 1.29 is 19.2 Å². The van der Waals surface area contributed by atoms with Crippen molar-refractivity contribution in [2.24, 2.45) is 0 Å². The molecule has 2 N–H and O–H groups in total. The molecule has 1 aromatic rings. The third-order valence-electron chi connectivity index (χ3n) is 4.17. The lowest BCUT2D eigenvalue weighted by Gasteiger charge is -2.29. The third-order valence-corrected chi connectivity index (χ3v) is 4.17. The first-order valence-electron chi connectivity index (χ1n) is 8.28. The van der Waals surface area contributed by atoms with Gasteiger partial charge >= 0.3 is 0 Å². The standard InChI is InChI=1S/C17H25N3O3/c1-3-19(4-2)12-10-18-16(21)9-11-20-14-7-5-6-8-15(14)23-13-17(20)22/h5-8H,3-4,9-13H2,1-2H3,(H,18,21)/p+1. The fourth-order valence-corrected chi connectivity index (χ4v) is 2.68. The molecule has 0 aromatic heterocycles. The number of carbonyl (C=O) groups is 2. The Kier molecular flexibility index (Phi) is 6.40. The predicted molar refractivity (Wildman–Crippen MR) is 88.8 cm³/mol. The van der Waals surface area contributed by atoms with Gasteiger partial charge in [-0.1, -0.05) is 12.1 Å². The number of amides is 2. The van der Waals surface area contributed by atoms with Gasteiger partial charge in [-0.3, -0.25) is 9.59 Å². The van der Waals surface area contributed by atoms with Crippen molar-refractivity contribution in [2.45, 2.75) is 20.3 Å². The molecule has 0 saturated heterocycles. The zero-order chi connectivity index (χ0) is 16.7. The van der Waals surface area contributed by atoms with Crippen molar-refractivity contribution in [2.75, 3.05) is 44.2 Å². The van der Waals surface area contributed by atoms with Gasteiger partial charge in [-0.25, -0.2) is 0 Å². The van der Waals surface area contributed by atoms with E-state index in [1.54, 1.807) is 4.90 Å². The number of anilines is 1. The minimum Gasteiger partial charge on any atom is -0.482 e. The summed E-state index contributed by atoms with van der Waals surface area (Å²) in [5, 5.41) is 2.93. The lowest BCUT2D eigenvalue weighted by atomic mass is 10.2. The zero-order valence-electron chi connectivity index (χ0n) is 13.9. The van der Waals surface area contributed by atoms with Crippen molar-refractivity contribution in [3.05, 3.63) is 24.3 Å². The van der Waals surface area contributed by atoms with Crippen LogP contribution < -0.4 is 19.9 Å². The lowest BCUT2D eigenvalue weighted by molar-refractivity contribution is -0.895. The van der Waals surface area contributed by atoms with E-state index in [2.05, 4.69) is 19.2 Å². The molecule has 0 spiro atoms. The molecule has 0 saturated carbocycles. The van der Waals surface area contributed by atoms with Gasteiger partial charge in [0.15, 0.2) is 6.61 Å². The Morgan fingerprint density at radius 2 is 2.04 bits per heavy atom. The van der Waals surface area contributed by atoms with E-state index in [0.717, 1.165) is 25.3 Å². The highest BCUT2D eigenvalue weighted by Gasteiger charge is 2.25. The highest BCUT2D eigenvalue weighted by atomic mass is 16.5. The Morgan fingerprint density at radius 3 is 2.78 bits per heavy atom. The molecule has 1 aliphatic heterocycles. The largest absolute Gasteiger partial charge is 0.482 e. The molecule has 0 aliphatic carbocycles. The van der Waals surface area contributed by atoms with Crippen LogP contribution in [-0.2, 0) is 9.59 Å². The van der Waals surface area contributed by atoms with Gasteiger partial charge in [0.25, 0.3) is 5.91 Å². The van der Waals surface area contributed by atoms with Crippen LogP contribution in [0.2, 0.25) is 0 Å². The van der Waals surface area contributed by atoms with Crippen molar-refractivity contribution in [3.8, 4) is 5.75 Å². The maximum atomic E-state index is 12.0. The Bertz CT molecular complexity index is 544. The van der Waals surface area contributed by atoms with Crippen LogP contribution in [0.3, 0.4) is 0 Å². The summed E-state index contributed by atoms with van der Waals surface area (Å²) >= 11 is 0. The molecule has 2 rings (SSSR count). The van der Waals surface area contributed by atoms with E-state index >= 15 is 0 Å². The summed E-state index contributed by atoms with van der Waals surface area (Å²) in [4.78, 5) is 27.1. The first kappa shape index (κ1) is 17.3. The molecule has 2 amide bonds. The summed E-state index contributed by atoms with van der Waals surface area (Å²) in [5.74, 6) is 0.565. The van der Waals surface area contributed by atoms with E-state index in [1.165, 1.54) is 4.90 Å². The van der Waals surface area contributed by atoms with Gasteiger partial charge in [-0.2, -0.15) is 0 Å². The second kappa shape index (κ2) is 8.53. The Morgan fingerprint density at radius 1 is 1.30 bits per heavy atom. The van der Waals surface area contributed by atoms with Gasteiger partial charge in [0, 0.05) is 13.0 Å². The number of benzene rings is 1. The maximum absolute atomic E-state index is 12.0. The molecule has 6 heteroatoms. The second-order valence-electron chi connectivity index (χ2n) is 5.61. The van der Waals surface area contributed by atoms with E-state index < -0.39 is 0 Å². The van der Waals surface area contributed by atoms with Gasteiger partial charge in [-0.05, 0) is 26.0 Å². The van der Waals surface area contributed by atoms with Gasteiger partial charge < -0.3 is 19.9 Å². The molecule has 0 fully saturated rings. The molecule has 1 heterocycles. The number of carbonyl (C=O) groups excluding carboxylic acids is 2. The fraction of sp³-hybridized carbons (Fsp3) is 0.529. The molecular formula is C17H26N3O3+. The van der Waals surface area contributed by atoms with Gasteiger partial charge in [0.2, 0.25) is 5.91 Å². The number of ether oxygens (including phenoxy) is 1. The normalized spacial score (nSPS) is 13.7. The van der Waals surface area contributed by atoms with Gasteiger partial charge in [-0.15, -0.1) is 0 Å². The summed E-state index contributed by atoms with van der Waals surface area (Å²) in [6, 6.07) is 7.41. The van der Waals surface area contributed by atoms with Crippen LogP contribution in [0.1, 0.15) is 20.3 Å². The van der Waals surface area contributed by atoms with Crippen LogP contribution in [0.5, 0.6) is 5.75 Å². The third kappa shape index (κ3) is 4.69. The monoisotopic (exact) mass is 320 g/mol. The highest BCUT2D eigenvalue weighted by Crippen LogP contribution is 2.31. The van der Waals surface area contributed by atoms with E-state index in [0.29, 0.717) is 25.3 Å². The van der Waals surface area contributed by atoms with Crippen molar-refractivity contribution in [1.82, 2.24) is 5.32 Å². The van der Waals surface area contributed by atoms with Crippen LogP contribution >= 0.6 is 0 Å². The molecular weight excluding hydrogens is 294 g/mol. The molecule has 6 nitrogen and oxygen atoms in total. The quantitative estimate of drug-likeness (QED) is 0.700. The first-order valence-corrected chi connectivity index (χ1v) is 8.28. The van der Waals surface area contributed by atoms with Gasteiger partial charge in [0.05, 0.1) is 31.9 Å². The lowest BCUT2D eigenvalue weighted by Crippen LogP contribution is -3.12. The average molecular weight is 320 g/mol. The van der Waals surface area contributed by atoms with Crippen molar-refractivity contribution >= 4 is 17.5 Å². The number of rotatable bonds is 8. The number of nitrogens with one attached hydrogen (secondary N) is 2. The SMILES string of the molecule is CC[NH+](CC)CCNC(=O)CCN1C(=O)COc2ccccc21. The smallest absolute Gasteiger partial charge is 0.265 e. The van der Waals surface area contributed by atoms with E-state index in [1.807, 2.05) is 24.3 Å². The Labute approximate surface area is 137 Å². The summed E-state index contributed by atoms with van der Waals surface area (Å²) in [6.45, 7) is 8.41. The maximum Gasteiger partial charge on any atom is 0.265 e. The molecule has 1 aromatic carbocycles. The van der Waals surface area contributed by atoms with E-state index in [4.69, 9.17) is 4.74 Å². The van der Waals surface area contributed by atoms with Crippen LogP contribution in [0, 0.1) is 0 Å². The number of fused-ring (bicyclic) bond motifs is 1. The summed E-state index contributed by atoms with van der Waals surface area (Å²) in [5.41, 5.74) is 0.740. The van der Waals surface area contributed by atoms with Crippen LogP contribution in [0.15, 0.2) is 24.3 Å². The summed E-state index contributed by atoms with van der Waals surface area (Å²) in [7, 11) is 0. The molecule has 0 radical (unpaired) electrons. The zero-order valence-corrected chi connectivity index (χ0v) is 13.9. The second-order valence-corrected chi connectivity index (χ2v) is 5.61. The Balaban J connectivity index is 1.81. The number of likely N-dealkylation sites (N-methyl/N-ethyl adjacent to an activating group) is 1. The van der Waals surface area contributed by atoms with E-state index in [9.17, 15) is 9.59 Å². The minimum absolute atomic E-state index is 0.0201. The van der Waals surface area contributed by atoms with E-state index in [-0.39, 0.29) is 18.4 Å². The Hall–Kier alpha value is -2.08. The number of hydrogen-bond donors (Lipinski definition) is 2.